The molecular weight excluding hydrogens is 893 g/mol. The quantitative estimate of drug-likeness (QED) is 0.141. The molecule has 0 N–H and O–H groups in total. The molecule has 354 valence electrons. The molecule has 14 rings (SSSR count). The molecule has 1 nitrogen and oxygen atoms in total. The number of fused-ring (bicyclic) bond motifs is 10. The summed E-state index contributed by atoms with van der Waals surface area (Å²) in [6.07, 6.45) is 1.92. The Bertz CT molecular complexity index is 4160. The third-order valence-corrected chi connectivity index (χ3v) is 17.0. The molecular formula is C73H56O. The first-order chi connectivity index (χ1) is 36.2. The van der Waals surface area contributed by atoms with Gasteiger partial charge in [0.15, 0.2) is 0 Å². The van der Waals surface area contributed by atoms with E-state index in [9.17, 15) is 0 Å². The van der Waals surface area contributed by atoms with E-state index < -0.39 is 0 Å². The highest BCUT2D eigenvalue weighted by molar-refractivity contribution is 6.07. The Morgan fingerprint density at radius 3 is 1.73 bits per heavy atom. The second kappa shape index (κ2) is 17.0. The van der Waals surface area contributed by atoms with Crippen LogP contribution in [0.3, 0.4) is 0 Å². The van der Waals surface area contributed by atoms with Crippen molar-refractivity contribution in [3.05, 3.63) is 276 Å². The van der Waals surface area contributed by atoms with Crippen LogP contribution >= 0.6 is 0 Å². The fourth-order valence-electron chi connectivity index (χ4n) is 13.1. The molecule has 1 heteroatoms. The Labute approximate surface area is 434 Å². The van der Waals surface area contributed by atoms with Crippen LogP contribution < -0.4 is 0 Å². The Morgan fingerprint density at radius 1 is 0.351 bits per heavy atom. The van der Waals surface area contributed by atoms with Gasteiger partial charge in [0.2, 0.25) is 0 Å². The molecule has 0 radical (unpaired) electrons. The summed E-state index contributed by atoms with van der Waals surface area (Å²) in [5.74, 6) is 0.219. The van der Waals surface area contributed by atoms with Crippen molar-refractivity contribution in [2.45, 2.75) is 57.3 Å². The largest absolute Gasteiger partial charge is 0.456 e. The minimum atomic E-state index is -0.276. The summed E-state index contributed by atoms with van der Waals surface area (Å²) < 4.78 is 6.61. The zero-order valence-electron chi connectivity index (χ0n) is 42.4. The molecule has 2 aliphatic rings. The van der Waals surface area contributed by atoms with Crippen LogP contribution in [-0.4, -0.2) is 0 Å². The Hall–Kier alpha value is -8.52. The first kappa shape index (κ1) is 44.2. The maximum Gasteiger partial charge on any atom is 0.136 e. The number of hydrogen-bond acceptors (Lipinski definition) is 1. The molecule has 0 amide bonds. The van der Waals surface area contributed by atoms with E-state index in [1.165, 1.54) is 116 Å². The Morgan fingerprint density at radius 2 is 0.946 bits per heavy atom. The normalized spacial score (nSPS) is 14.2. The van der Waals surface area contributed by atoms with Crippen LogP contribution in [0.1, 0.15) is 79.0 Å². The topological polar surface area (TPSA) is 13.1 Å². The summed E-state index contributed by atoms with van der Waals surface area (Å²) in [5, 5.41) is 4.90. The van der Waals surface area contributed by atoms with Crippen LogP contribution in [0.2, 0.25) is 0 Å². The first-order valence-electron chi connectivity index (χ1n) is 26.4. The van der Waals surface area contributed by atoms with E-state index in [1.807, 2.05) is 0 Å². The summed E-state index contributed by atoms with van der Waals surface area (Å²) in [4.78, 5) is 0. The molecule has 12 aromatic rings. The van der Waals surface area contributed by atoms with Gasteiger partial charge >= 0.3 is 0 Å². The molecule has 1 unspecified atom stereocenters. The average molecular weight is 949 g/mol. The van der Waals surface area contributed by atoms with Crippen LogP contribution in [0, 0.1) is 0 Å². The lowest BCUT2D eigenvalue weighted by atomic mass is 9.79. The molecule has 0 fully saturated rings. The molecule has 0 aliphatic heterocycles. The molecule has 0 bridgehead atoms. The zero-order valence-corrected chi connectivity index (χ0v) is 42.4. The van der Waals surface area contributed by atoms with E-state index in [4.69, 9.17) is 4.42 Å². The molecule has 2 aliphatic carbocycles. The van der Waals surface area contributed by atoms with Crippen molar-refractivity contribution in [2.75, 3.05) is 0 Å². The van der Waals surface area contributed by atoms with Gasteiger partial charge in [-0.25, -0.2) is 0 Å². The predicted octanol–water partition coefficient (Wildman–Crippen LogP) is 19.8. The minimum Gasteiger partial charge on any atom is -0.456 e. The van der Waals surface area contributed by atoms with Crippen LogP contribution in [0.25, 0.3) is 99.5 Å². The fraction of sp³-hybridized carbons (Fsp3) is 0.123. The summed E-state index contributed by atoms with van der Waals surface area (Å²) in [5.41, 5.74) is 26.3. The Balaban J connectivity index is 0.893. The second-order valence-corrected chi connectivity index (χ2v) is 21.9. The minimum absolute atomic E-state index is 0.177. The van der Waals surface area contributed by atoms with E-state index in [2.05, 4.69) is 264 Å². The first-order valence-corrected chi connectivity index (χ1v) is 26.4. The predicted molar refractivity (Wildman–Crippen MR) is 311 cm³/mol. The van der Waals surface area contributed by atoms with Gasteiger partial charge < -0.3 is 4.42 Å². The van der Waals surface area contributed by atoms with E-state index in [0.717, 1.165) is 34.8 Å². The van der Waals surface area contributed by atoms with Crippen molar-refractivity contribution in [1.29, 1.82) is 0 Å². The van der Waals surface area contributed by atoms with Gasteiger partial charge in [-0.05, 0) is 172 Å². The second-order valence-electron chi connectivity index (χ2n) is 21.9. The van der Waals surface area contributed by atoms with E-state index in [1.54, 1.807) is 0 Å². The summed E-state index contributed by atoms with van der Waals surface area (Å²) in [6, 6.07) is 88.4. The van der Waals surface area contributed by atoms with Gasteiger partial charge in [0, 0.05) is 27.5 Å². The van der Waals surface area contributed by atoms with Crippen LogP contribution in [0.5, 0.6) is 0 Å². The third-order valence-electron chi connectivity index (χ3n) is 17.0. The monoisotopic (exact) mass is 948 g/mol. The molecule has 0 spiro atoms. The highest BCUT2D eigenvalue weighted by Gasteiger charge is 2.43. The molecule has 74 heavy (non-hydrogen) atoms. The van der Waals surface area contributed by atoms with Gasteiger partial charge in [0.05, 0.1) is 0 Å². The summed E-state index contributed by atoms with van der Waals surface area (Å²) in [6.45, 7) is 9.72. The number of furan rings is 1. The molecule has 0 saturated carbocycles. The summed E-state index contributed by atoms with van der Waals surface area (Å²) in [7, 11) is 0. The number of rotatable bonds is 9. The van der Waals surface area contributed by atoms with E-state index in [0.29, 0.717) is 0 Å². The molecule has 1 heterocycles. The maximum absolute atomic E-state index is 6.61. The number of hydrogen-bond donors (Lipinski definition) is 0. The maximum atomic E-state index is 6.61. The standard InChI is InChI=1S/C73H56O/c1-72(2)64-30-17-28-57(50-21-9-6-10-22-50)70(64)62-44-66-63(45-65(62)72)71-61(53-37-39-60-59-27-13-14-31-68(59)74-69(60)43-53)41-54(42-67(71)73(66,3)4)52-25-15-18-46(40-52)32-38-56(58-29-16-24-49-23-11-12-26-55(49)58)51-35-33-48(34-36-51)47-19-7-5-8-20-47/h5-31,33-37,39-45,56H,32,38H2,1-4H3. The van der Waals surface area contributed by atoms with Crippen LogP contribution in [0.4, 0.5) is 0 Å². The SMILES string of the molecule is CC1(C)c2cc3c(cc2-c2c(-c4ccccc4)cccc21)C(C)(C)c1cc(-c2cccc(CCC(c4ccc(-c5ccccc5)cc4)c4cccc5ccccc45)c2)cc(-c2ccc4c(c2)oc2ccccc24)c1-3. The zero-order chi connectivity index (χ0) is 49.7. The van der Waals surface area contributed by atoms with E-state index in [-0.39, 0.29) is 16.7 Å². The molecule has 11 aromatic carbocycles. The highest BCUT2D eigenvalue weighted by atomic mass is 16.3. The van der Waals surface area contributed by atoms with Crippen molar-refractivity contribution in [1.82, 2.24) is 0 Å². The van der Waals surface area contributed by atoms with Crippen molar-refractivity contribution in [2.24, 2.45) is 0 Å². The van der Waals surface area contributed by atoms with Gasteiger partial charge in [0.25, 0.3) is 0 Å². The molecule has 0 saturated heterocycles. The fourth-order valence-corrected chi connectivity index (χ4v) is 13.1. The Kier molecular flexibility index (Phi) is 10.2. The lowest BCUT2D eigenvalue weighted by molar-refractivity contribution is 0.652. The average Bonchev–Trinajstić information content (AvgIpc) is 4.13. The molecule has 1 aromatic heterocycles. The van der Waals surface area contributed by atoms with Crippen molar-refractivity contribution in [3.63, 3.8) is 0 Å². The lowest BCUT2D eigenvalue weighted by Gasteiger charge is -2.24. The van der Waals surface area contributed by atoms with Gasteiger partial charge in [-0.2, -0.15) is 0 Å². The smallest absolute Gasteiger partial charge is 0.136 e. The summed E-state index contributed by atoms with van der Waals surface area (Å²) >= 11 is 0. The van der Waals surface area contributed by atoms with E-state index >= 15 is 0 Å². The van der Waals surface area contributed by atoms with Gasteiger partial charge in [-0.1, -0.05) is 222 Å². The van der Waals surface area contributed by atoms with Crippen molar-refractivity contribution < 1.29 is 4.42 Å². The van der Waals surface area contributed by atoms with Crippen molar-refractivity contribution in [3.8, 4) is 66.8 Å². The third kappa shape index (κ3) is 7.05. The highest BCUT2D eigenvalue weighted by Crippen LogP contribution is 2.60. The lowest BCUT2D eigenvalue weighted by Crippen LogP contribution is -2.17. The van der Waals surface area contributed by atoms with Crippen molar-refractivity contribution >= 4 is 32.7 Å². The number of aryl methyl sites for hydroxylation is 1. The number of para-hydroxylation sites is 1. The van der Waals surface area contributed by atoms with Gasteiger partial charge in [0.1, 0.15) is 11.2 Å². The van der Waals surface area contributed by atoms with Gasteiger partial charge in [-0.15, -0.1) is 0 Å². The molecule has 1 atom stereocenters. The van der Waals surface area contributed by atoms with Crippen LogP contribution in [0.15, 0.2) is 241 Å². The van der Waals surface area contributed by atoms with Crippen LogP contribution in [-0.2, 0) is 17.3 Å². The van der Waals surface area contributed by atoms with Gasteiger partial charge in [-0.3, -0.25) is 0 Å². The number of benzene rings is 11.